The van der Waals surface area contributed by atoms with Crippen molar-refractivity contribution >= 4 is 33.1 Å². The molecular formula is C11H10BrN5O4. The minimum atomic E-state index is -0.604. The molecule has 21 heavy (non-hydrogen) atoms. The maximum atomic E-state index is 11.0. The van der Waals surface area contributed by atoms with E-state index in [0.29, 0.717) is 11.3 Å². The Morgan fingerprint density at radius 1 is 1.33 bits per heavy atom. The fraction of sp³-hybridized carbons (Fsp3) is 0.182. The van der Waals surface area contributed by atoms with E-state index in [-0.39, 0.29) is 22.5 Å². The Labute approximate surface area is 127 Å². The number of anilines is 1. The molecule has 0 unspecified atom stereocenters. The van der Waals surface area contributed by atoms with E-state index >= 15 is 0 Å². The largest absolute Gasteiger partial charge is 0.404 e. The predicted molar refractivity (Wildman–Crippen MR) is 78.3 cm³/mol. The summed E-state index contributed by atoms with van der Waals surface area (Å²) in [6, 6.07) is 4.69. The number of rotatable bonds is 5. The summed E-state index contributed by atoms with van der Waals surface area (Å²) in [7, 11) is 1.59. The maximum absolute atomic E-state index is 11.0. The van der Waals surface area contributed by atoms with E-state index in [4.69, 9.17) is 0 Å². The van der Waals surface area contributed by atoms with Gasteiger partial charge in [0, 0.05) is 13.1 Å². The van der Waals surface area contributed by atoms with Crippen molar-refractivity contribution in [3.63, 3.8) is 0 Å². The summed E-state index contributed by atoms with van der Waals surface area (Å²) < 4.78 is 1.61. The average Bonchev–Trinajstić information content (AvgIpc) is 2.79. The van der Waals surface area contributed by atoms with Crippen LogP contribution in [0, 0.1) is 20.2 Å². The third-order valence-corrected chi connectivity index (χ3v) is 3.30. The summed E-state index contributed by atoms with van der Waals surface area (Å²) in [5, 5.41) is 28.2. The molecular weight excluding hydrogens is 346 g/mol. The smallest absolute Gasteiger partial charge is 0.383 e. The number of nitro groups is 2. The Morgan fingerprint density at radius 3 is 2.57 bits per heavy atom. The van der Waals surface area contributed by atoms with Crippen LogP contribution in [-0.4, -0.2) is 26.7 Å². The highest BCUT2D eigenvalue weighted by Crippen LogP contribution is 2.26. The lowest BCUT2D eigenvalue weighted by Crippen LogP contribution is -2.03. The van der Waals surface area contributed by atoms with Crippen molar-refractivity contribution in [1.29, 1.82) is 0 Å². The highest BCUT2D eigenvalue weighted by molar-refractivity contribution is 9.10. The van der Waals surface area contributed by atoms with Gasteiger partial charge in [-0.05, 0) is 32.5 Å². The fourth-order valence-corrected chi connectivity index (χ4v) is 2.28. The molecule has 9 nitrogen and oxygen atoms in total. The minimum Gasteiger partial charge on any atom is -0.383 e. The van der Waals surface area contributed by atoms with Crippen LogP contribution in [0.15, 0.2) is 28.9 Å². The highest BCUT2D eigenvalue weighted by Gasteiger charge is 2.19. The van der Waals surface area contributed by atoms with Crippen molar-refractivity contribution in [2.24, 2.45) is 0 Å². The minimum absolute atomic E-state index is 0.0595. The molecule has 0 aliphatic heterocycles. The second-order valence-electron chi connectivity index (χ2n) is 4.11. The van der Waals surface area contributed by atoms with E-state index in [9.17, 15) is 20.2 Å². The van der Waals surface area contributed by atoms with Gasteiger partial charge in [0.1, 0.15) is 10.2 Å². The van der Waals surface area contributed by atoms with Gasteiger partial charge in [-0.1, -0.05) is 6.07 Å². The first-order chi connectivity index (χ1) is 9.92. The molecule has 10 heteroatoms. The van der Waals surface area contributed by atoms with Gasteiger partial charge in [-0.25, -0.2) is 0 Å². The molecule has 0 atom stereocenters. The molecule has 1 aromatic carbocycles. The number of halogens is 1. The van der Waals surface area contributed by atoms with Gasteiger partial charge in [0.25, 0.3) is 5.69 Å². The first-order valence-electron chi connectivity index (χ1n) is 5.74. The lowest BCUT2D eigenvalue weighted by molar-refractivity contribution is -0.390. The van der Waals surface area contributed by atoms with Crippen molar-refractivity contribution in [1.82, 2.24) is 9.78 Å². The summed E-state index contributed by atoms with van der Waals surface area (Å²) in [4.78, 5) is 20.6. The second kappa shape index (κ2) is 5.87. The third kappa shape index (κ3) is 3.16. The third-order valence-electron chi connectivity index (χ3n) is 2.74. The summed E-state index contributed by atoms with van der Waals surface area (Å²) in [5.41, 5.74) is 0.956. The van der Waals surface area contributed by atoms with E-state index in [1.807, 2.05) is 0 Å². The lowest BCUT2D eigenvalue weighted by Gasteiger charge is -2.04. The number of hydrogen-bond acceptors (Lipinski definition) is 6. The summed E-state index contributed by atoms with van der Waals surface area (Å²) in [6.45, 7) is 0.192. The molecule has 0 amide bonds. The Bertz CT molecular complexity index is 715. The first kappa shape index (κ1) is 14.9. The van der Waals surface area contributed by atoms with Crippen LogP contribution in [0.1, 0.15) is 5.56 Å². The monoisotopic (exact) mass is 355 g/mol. The lowest BCUT2D eigenvalue weighted by atomic mass is 10.1. The molecule has 1 heterocycles. The van der Waals surface area contributed by atoms with Crippen molar-refractivity contribution in [3.05, 3.63) is 54.7 Å². The molecule has 1 N–H and O–H groups in total. The van der Waals surface area contributed by atoms with Gasteiger partial charge >= 0.3 is 5.82 Å². The molecule has 110 valence electrons. The van der Waals surface area contributed by atoms with E-state index < -0.39 is 9.85 Å². The highest BCUT2D eigenvalue weighted by atomic mass is 79.9. The van der Waals surface area contributed by atoms with Crippen LogP contribution < -0.4 is 5.32 Å². The molecule has 2 aromatic rings. The average molecular weight is 356 g/mol. The van der Waals surface area contributed by atoms with Crippen LogP contribution in [0.5, 0.6) is 0 Å². The number of nitrogens with one attached hydrogen (secondary N) is 1. The van der Waals surface area contributed by atoms with Gasteiger partial charge in [-0.3, -0.25) is 10.1 Å². The standard InChI is InChI=1S/C11H10BrN5O4/c1-13-9-3-2-7(4-10(9)16(18)19)5-15-6-8(12)11(14-15)17(20)21/h2-4,6,13H,5H2,1H3. The van der Waals surface area contributed by atoms with E-state index in [1.165, 1.54) is 16.9 Å². The van der Waals surface area contributed by atoms with Crippen molar-refractivity contribution < 1.29 is 9.85 Å². The zero-order chi connectivity index (χ0) is 15.6. The molecule has 0 bridgehead atoms. The molecule has 2 rings (SSSR count). The van der Waals surface area contributed by atoms with Gasteiger partial charge in [-0.15, -0.1) is 0 Å². The normalized spacial score (nSPS) is 10.4. The molecule has 0 aliphatic rings. The molecule has 0 aliphatic carbocycles. The Morgan fingerprint density at radius 2 is 2.05 bits per heavy atom. The van der Waals surface area contributed by atoms with Crippen LogP contribution in [-0.2, 0) is 6.54 Å². The van der Waals surface area contributed by atoms with Crippen molar-refractivity contribution in [2.45, 2.75) is 6.54 Å². The Kier molecular flexibility index (Phi) is 4.17. The van der Waals surface area contributed by atoms with Crippen molar-refractivity contribution in [3.8, 4) is 0 Å². The SMILES string of the molecule is CNc1ccc(Cn2cc(Br)c([N+](=O)[O-])n2)cc1[N+](=O)[O-]. The van der Waals surface area contributed by atoms with Gasteiger partial charge in [0.15, 0.2) is 0 Å². The zero-order valence-corrected chi connectivity index (χ0v) is 12.4. The fourth-order valence-electron chi connectivity index (χ4n) is 1.82. The van der Waals surface area contributed by atoms with Crippen LogP contribution >= 0.6 is 15.9 Å². The van der Waals surface area contributed by atoms with Gasteiger partial charge < -0.3 is 15.4 Å². The number of benzene rings is 1. The summed E-state index contributed by atoms with van der Waals surface area (Å²) in [5.74, 6) is -0.295. The second-order valence-corrected chi connectivity index (χ2v) is 4.97. The van der Waals surface area contributed by atoms with Crippen molar-refractivity contribution in [2.75, 3.05) is 12.4 Å². The Hall–Kier alpha value is -2.49. The number of hydrogen-bond donors (Lipinski definition) is 1. The first-order valence-corrected chi connectivity index (χ1v) is 6.54. The summed E-state index contributed by atoms with van der Waals surface area (Å²) in [6.07, 6.45) is 1.45. The zero-order valence-electron chi connectivity index (χ0n) is 10.8. The molecule has 0 fully saturated rings. The van der Waals surface area contributed by atoms with Crippen LogP contribution in [0.2, 0.25) is 0 Å². The quantitative estimate of drug-likeness (QED) is 0.650. The van der Waals surface area contributed by atoms with Gasteiger partial charge in [0.2, 0.25) is 0 Å². The molecule has 0 radical (unpaired) electrons. The van der Waals surface area contributed by atoms with Crippen LogP contribution in [0.3, 0.4) is 0 Å². The molecule has 1 aromatic heterocycles. The van der Waals surface area contributed by atoms with Gasteiger partial charge in [0.05, 0.1) is 22.8 Å². The van der Waals surface area contributed by atoms with E-state index in [0.717, 1.165) is 0 Å². The van der Waals surface area contributed by atoms with E-state index in [2.05, 4.69) is 26.3 Å². The molecule has 0 spiro atoms. The number of nitrogens with zero attached hydrogens (tertiary/aromatic N) is 4. The summed E-state index contributed by atoms with van der Waals surface area (Å²) >= 11 is 3.05. The van der Waals surface area contributed by atoms with Gasteiger partial charge in [-0.2, -0.15) is 4.68 Å². The maximum Gasteiger partial charge on any atom is 0.404 e. The number of aromatic nitrogens is 2. The van der Waals surface area contributed by atoms with E-state index in [1.54, 1.807) is 19.2 Å². The topological polar surface area (TPSA) is 116 Å². The van der Waals surface area contributed by atoms with Crippen LogP contribution in [0.4, 0.5) is 17.2 Å². The number of nitro benzene ring substituents is 1. The predicted octanol–water partition coefficient (Wildman–Crippen LogP) is 2.55. The molecule has 0 saturated carbocycles. The van der Waals surface area contributed by atoms with Crippen LogP contribution in [0.25, 0.3) is 0 Å². The Balaban J connectivity index is 2.31. The molecule has 0 saturated heterocycles.